The number of amides is 1. The molecule has 5 nitrogen and oxygen atoms in total. The molecule has 16 heavy (non-hydrogen) atoms. The molecule has 4 N–H and O–H groups in total. The largest absolute Gasteiger partial charge is 0.479 e. The van der Waals surface area contributed by atoms with E-state index in [2.05, 4.69) is 5.32 Å². The summed E-state index contributed by atoms with van der Waals surface area (Å²) >= 11 is 5.84. The van der Waals surface area contributed by atoms with E-state index in [0.717, 1.165) is 0 Å². The molecule has 0 fully saturated rings. The van der Waals surface area contributed by atoms with Gasteiger partial charge in [-0.3, -0.25) is 4.79 Å². The molecule has 1 amide bonds. The summed E-state index contributed by atoms with van der Waals surface area (Å²) in [5.74, 6) is -1.73. The van der Waals surface area contributed by atoms with Crippen LogP contribution >= 0.6 is 11.6 Å². The van der Waals surface area contributed by atoms with Crippen molar-refractivity contribution in [1.29, 1.82) is 0 Å². The number of carbonyl (C=O) groups excluding carboxylic acids is 1. The zero-order valence-electron chi connectivity index (χ0n) is 8.31. The molecule has 1 rings (SSSR count). The van der Waals surface area contributed by atoms with Crippen LogP contribution in [0.1, 0.15) is 11.6 Å². The van der Waals surface area contributed by atoms with Gasteiger partial charge in [0.1, 0.15) is 0 Å². The highest BCUT2D eigenvalue weighted by atomic mass is 35.5. The first-order chi connectivity index (χ1) is 7.56. The predicted octanol–water partition coefficient (Wildman–Crippen LogP) is 0.541. The van der Waals surface area contributed by atoms with Crippen molar-refractivity contribution in [3.05, 3.63) is 34.9 Å². The number of benzene rings is 1. The standard InChI is InChI=1S/C10H11ClN2O3/c11-7-4-2-1-3-6(7)9(10(15)16)13-8(14)5-12/h1-4,9H,5,12H2,(H,13,14)(H,15,16)/t9-/m1/s1. The summed E-state index contributed by atoms with van der Waals surface area (Å²) in [6, 6.07) is 5.24. The Morgan fingerprint density at radius 1 is 1.44 bits per heavy atom. The summed E-state index contributed by atoms with van der Waals surface area (Å²) in [4.78, 5) is 22.1. The van der Waals surface area contributed by atoms with E-state index >= 15 is 0 Å². The second-order valence-corrected chi connectivity index (χ2v) is 3.47. The highest BCUT2D eigenvalue weighted by molar-refractivity contribution is 6.31. The third kappa shape index (κ3) is 2.95. The van der Waals surface area contributed by atoms with Gasteiger partial charge in [-0.15, -0.1) is 0 Å². The predicted molar refractivity (Wildman–Crippen MR) is 59.0 cm³/mol. The van der Waals surface area contributed by atoms with Gasteiger partial charge in [0.05, 0.1) is 6.54 Å². The lowest BCUT2D eigenvalue weighted by Gasteiger charge is -2.15. The van der Waals surface area contributed by atoms with Gasteiger partial charge in [-0.2, -0.15) is 0 Å². The van der Waals surface area contributed by atoms with Gasteiger partial charge in [-0.05, 0) is 6.07 Å². The van der Waals surface area contributed by atoms with Crippen molar-refractivity contribution in [3.63, 3.8) is 0 Å². The van der Waals surface area contributed by atoms with E-state index in [9.17, 15) is 9.59 Å². The lowest BCUT2D eigenvalue weighted by Crippen LogP contribution is -2.37. The van der Waals surface area contributed by atoms with Gasteiger partial charge < -0.3 is 16.2 Å². The van der Waals surface area contributed by atoms with Gasteiger partial charge in [0.25, 0.3) is 0 Å². The van der Waals surface area contributed by atoms with Crippen molar-refractivity contribution in [2.45, 2.75) is 6.04 Å². The summed E-state index contributed by atoms with van der Waals surface area (Å²) < 4.78 is 0. The molecule has 0 saturated heterocycles. The Hall–Kier alpha value is -1.59. The van der Waals surface area contributed by atoms with Crippen molar-refractivity contribution in [3.8, 4) is 0 Å². The number of carboxylic acid groups (broad SMARTS) is 1. The molecule has 0 aromatic heterocycles. The Kier molecular flexibility index (Phi) is 4.28. The Labute approximate surface area is 97.2 Å². The normalized spacial score (nSPS) is 11.9. The van der Waals surface area contributed by atoms with E-state index in [-0.39, 0.29) is 11.6 Å². The van der Waals surface area contributed by atoms with E-state index in [4.69, 9.17) is 22.4 Å². The van der Waals surface area contributed by atoms with Crippen LogP contribution in [0, 0.1) is 0 Å². The summed E-state index contributed by atoms with van der Waals surface area (Å²) in [5.41, 5.74) is 5.43. The monoisotopic (exact) mass is 242 g/mol. The molecular formula is C10H11ClN2O3. The highest BCUT2D eigenvalue weighted by Crippen LogP contribution is 2.22. The summed E-state index contributed by atoms with van der Waals surface area (Å²) in [6.07, 6.45) is 0. The van der Waals surface area contributed by atoms with Crippen LogP contribution in [-0.2, 0) is 9.59 Å². The number of rotatable bonds is 4. The Morgan fingerprint density at radius 3 is 2.56 bits per heavy atom. The van der Waals surface area contributed by atoms with Gasteiger partial charge in [0.2, 0.25) is 5.91 Å². The maximum atomic E-state index is 11.1. The van der Waals surface area contributed by atoms with E-state index in [1.54, 1.807) is 18.2 Å². The fourth-order valence-corrected chi connectivity index (χ4v) is 1.45. The molecule has 0 bridgehead atoms. The lowest BCUT2D eigenvalue weighted by atomic mass is 10.1. The Bertz CT molecular complexity index is 409. The third-order valence-electron chi connectivity index (χ3n) is 1.95. The molecule has 1 aromatic rings. The molecule has 0 aliphatic carbocycles. The first-order valence-corrected chi connectivity index (χ1v) is 4.90. The van der Waals surface area contributed by atoms with Gasteiger partial charge in [-0.1, -0.05) is 29.8 Å². The number of nitrogens with one attached hydrogen (secondary N) is 1. The van der Waals surface area contributed by atoms with Crippen molar-refractivity contribution in [2.24, 2.45) is 5.73 Å². The van der Waals surface area contributed by atoms with Crippen LogP contribution in [0.15, 0.2) is 24.3 Å². The molecule has 1 atom stereocenters. The van der Waals surface area contributed by atoms with Crippen molar-refractivity contribution in [1.82, 2.24) is 5.32 Å². The van der Waals surface area contributed by atoms with Crippen LogP contribution in [0.5, 0.6) is 0 Å². The second kappa shape index (κ2) is 5.48. The average Bonchev–Trinajstić information content (AvgIpc) is 2.26. The number of halogens is 1. The third-order valence-corrected chi connectivity index (χ3v) is 2.30. The Balaban J connectivity index is 2.99. The number of aliphatic carboxylic acids is 1. The van der Waals surface area contributed by atoms with Gasteiger partial charge in [0, 0.05) is 10.6 Å². The van der Waals surface area contributed by atoms with Crippen LogP contribution in [0.3, 0.4) is 0 Å². The maximum absolute atomic E-state index is 11.1. The van der Waals surface area contributed by atoms with Gasteiger partial charge in [-0.25, -0.2) is 4.79 Å². The summed E-state index contributed by atoms with van der Waals surface area (Å²) in [5, 5.41) is 11.5. The quantitative estimate of drug-likeness (QED) is 0.719. The summed E-state index contributed by atoms with van der Waals surface area (Å²) in [7, 11) is 0. The SMILES string of the molecule is NCC(=O)N[C@@H](C(=O)O)c1ccccc1Cl. The van der Waals surface area contributed by atoms with Crippen LogP contribution in [0.25, 0.3) is 0 Å². The molecule has 0 radical (unpaired) electrons. The van der Waals surface area contributed by atoms with Crippen LogP contribution in [-0.4, -0.2) is 23.5 Å². The van der Waals surface area contributed by atoms with E-state index in [0.29, 0.717) is 5.56 Å². The molecule has 0 saturated carbocycles. The van der Waals surface area contributed by atoms with Crippen LogP contribution in [0.4, 0.5) is 0 Å². The van der Waals surface area contributed by atoms with E-state index < -0.39 is 17.9 Å². The first-order valence-electron chi connectivity index (χ1n) is 4.53. The molecule has 0 unspecified atom stereocenters. The van der Waals surface area contributed by atoms with Crippen molar-refractivity contribution in [2.75, 3.05) is 6.54 Å². The lowest BCUT2D eigenvalue weighted by molar-refractivity contribution is -0.141. The molecule has 0 aliphatic rings. The molecular weight excluding hydrogens is 232 g/mol. The molecule has 6 heteroatoms. The number of carboxylic acids is 1. The van der Waals surface area contributed by atoms with E-state index in [1.165, 1.54) is 6.07 Å². The molecule has 1 aromatic carbocycles. The van der Waals surface area contributed by atoms with Crippen molar-refractivity contribution >= 4 is 23.5 Å². The minimum absolute atomic E-state index is 0.270. The fraction of sp³-hybridized carbons (Fsp3) is 0.200. The average molecular weight is 243 g/mol. The first kappa shape index (κ1) is 12.5. The molecule has 0 aliphatic heterocycles. The van der Waals surface area contributed by atoms with Gasteiger partial charge in [0.15, 0.2) is 6.04 Å². The zero-order chi connectivity index (χ0) is 12.1. The van der Waals surface area contributed by atoms with E-state index in [1.807, 2.05) is 0 Å². The number of hydrogen-bond donors (Lipinski definition) is 3. The molecule has 0 heterocycles. The Morgan fingerprint density at radius 2 is 2.06 bits per heavy atom. The minimum Gasteiger partial charge on any atom is -0.479 e. The minimum atomic E-state index is -1.19. The second-order valence-electron chi connectivity index (χ2n) is 3.06. The molecule has 86 valence electrons. The van der Waals surface area contributed by atoms with Gasteiger partial charge >= 0.3 is 5.97 Å². The van der Waals surface area contributed by atoms with Crippen LogP contribution < -0.4 is 11.1 Å². The number of nitrogens with two attached hydrogens (primary N) is 1. The number of carbonyl (C=O) groups is 2. The number of hydrogen-bond acceptors (Lipinski definition) is 3. The van der Waals surface area contributed by atoms with Crippen molar-refractivity contribution < 1.29 is 14.7 Å². The highest BCUT2D eigenvalue weighted by Gasteiger charge is 2.23. The molecule has 0 spiro atoms. The zero-order valence-corrected chi connectivity index (χ0v) is 9.07. The van der Waals surface area contributed by atoms with Crippen LogP contribution in [0.2, 0.25) is 5.02 Å². The summed E-state index contributed by atoms with van der Waals surface area (Å²) in [6.45, 7) is -0.270. The fourth-order valence-electron chi connectivity index (χ4n) is 1.20. The smallest absolute Gasteiger partial charge is 0.330 e. The maximum Gasteiger partial charge on any atom is 0.330 e. The topological polar surface area (TPSA) is 92.4 Å².